The molecule has 1 aromatic heterocycles. The van der Waals surface area contributed by atoms with Gasteiger partial charge in [0, 0.05) is 17.1 Å². The van der Waals surface area contributed by atoms with Crippen LogP contribution in [-0.2, 0) is 4.79 Å². The minimum atomic E-state index is -0.983. The smallest absolute Gasteiger partial charge is 0.335 e. The number of nitrogens with zero attached hydrogens (tertiary/aromatic N) is 2. The minimum Gasteiger partial charge on any atom is -0.478 e. The molecule has 0 fully saturated rings. The van der Waals surface area contributed by atoms with Gasteiger partial charge in [0.2, 0.25) is 5.91 Å². The summed E-state index contributed by atoms with van der Waals surface area (Å²) in [6.07, 6.45) is 0. The first kappa shape index (κ1) is 17.0. The fraction of sp³-hybridized carbons (Fsp3) is 0.250. The molecule has 0 saturated carbocycles. The number of thioether (sulfide) groups is 1. The van der Waals surface area contributed by atoms with Crippen LogP contribution in [0.2, 0.25) is 0 Å². The Bertz CT molecular complexity index is 742. The monoisotopic (exact) mass is 331 g/mol. The van der Waals surface area contributed by atoms with Gasteiger partial charge < -0.3 is 10.4 Å². The van der Waals surface area contributed by atoms with E-state index in [1.807, 2.05) is 19.9 Å². The fourth-order valence-corrected chi connectivity index (χ4v) is 2.82. The van der Waals surface area contributed by atoms with Crippen LogP contribution in [0.3, 0.4) is 0 Å². The van der Waals surface area contributed by atoms with Gasteiger partial charge in [-0.05, 0) is 50.6 Å². The maximum atomic E-state index is 12.0. The molecule has 2 aromatic rings. The number of aromatic nitrogens is 2. The van der Waals surface area contributed by atoms with Crippen LogP contribution in [0.1, 0.15) is 27.3 Å². The van der Waals surface area contributed by atoms with Crippen molar-refractivity contribution in [2.75, 3.05) is 11.1 Å². The molecule has 0 radical (unpaired) electrons. The molecular formula is C16H17N3O3S. The topological polar surface area (TPSA) is 92.2 Å². The van der Waals surface area contributed by atoms with Crippen LogP contribution >= 0.6 is 11.8 Å². The van der Waals surface area contributed by atoms with E-state index in [-0.39, 0.29) is 17.2 Å². The molecule has 0 bridgehead atoms. The van der Waals surface area contributed by atoms with Crippen molar-refractivity contribution >= 4 is 29.3 Å². The number of rotatable bonds is 5. The summed E-state index contributed by atoms with van der Waals surface area (Å²) in [5.74, 6) is -0.994. The van der Waals surface area contributed by atoms with Gasteiger partial charge in [0.05, 0.1) is 11.3 Å². The van der Waals surface area contributed by atoms with Crippen LogP contribution in [0.4, 0.5) is 5.69 Å². The van der Waals surface area contributed by atoms with Crippen molar-refractivity contribution in [1.82, 2.24) is 9.97 Å². The van der Waals surface area contributed by atoms with Crippen molar-refractivity contribution in [2.45, 2.75) is 25.9 Å². The summed E-state index contributed by atoms with van der Waals surface area (Å²) in [6.45, 7) is 5.45. The third-order valence-corrected chi connectivity index (χ3v) is 3.88. The first-order chi connectivity index (χ1) is 10.8. The summed E-state index contributed by atoms with van der Waals surface area (Å²) >= 11 is 1.26. The summed E-state index contributed by atoms with van der Waals surface area (Å²) in [7, 11) is 0. The number of carboxylic acid groups (broad SMARTS) is 1. The zero-order valence-corrected chi connectivity index (χ0v) is 13.9. The normalized spacial score (nSPS) is 10.4. The standard InChI is InChI=1S/C16H17N3O3S/c1-9-6-12(4-5-13(9)15(21)22)19-14(20)8-23-16-17-10(2)7-11(3)18-16/h4-7H,8H2,1-3H3,(H,19,20)(H,21,22). The van der Waals surface area contributed by atoms with Crippen molar-refractivity contribution in [3.8, 4) is 0 Å². The number of carbonyl (C=O) groups excluding carboxylic acids is 1. The van der Waals surface area contributed by atoms with E-state index in [9.17, 15) is 9.59 Å². The maximum Gasteiger partial charge on any atom is 0.335 e. The second kappa shape index (κ2) is 7.23. The lowest BCUT2D eigenvalue weighted by atomic mass is 10.1. The van der Waals surface area contributed by atoms with Gasteiger partial charge in [-0.1, -0.05) is 11.8 Å². The average molecular weight is 331 g/mol. The van der Waals surface area contributed by atoms with Crippen molar-refractivity contribution in [3.63, 3.8) is 0 Å². The van der Waals surface area contributed by atoms with Crippen molar-refractivity contribution in [2.24, 2.45) is 0 Å². The Kier molecular flexibility index (Phi) is 5.33. The van der Waals surface area contributed by atoms with Crippen molar-refractivity contribution in [1.29, 1.82) is 0 Å². The highest BCUT2D eigenvalue weighted by atomic mass is 32.2. The number of nitrogens with one attached hydrogen (secondary N) is 1. The zero-order valence-electron chi connectivity index (χ0n) is 13.1. The molecule has 1 heterocycles. The Morgan fingerprint density at radius 1 is 1.13 bits per heavy atom. The number of hydrogen-bond donors (Lipinski definition) is 2. The van der Waals surface area contributed by atoms with E-state index >= 15 is 0 Å². The van der Waals surface area contributed by atoms with Gasteiger partial charge in [0.1, 0.15) is 0 Å². The Morgan fingerprint density at radius 3 is 2.35 bits per heavy atom. The molecule has 0 aliphatic heterocycles. The maximum absolute atomic E-state index is 12.0. The second-order valence-corrected chi connectivity index (χ2v) is 6.05. The van der Waals surface area contributed by atoms with E-state index in [1.165, 1.54) is 17.8 Å². The Morgan fingerprint density at radius 2 is 1.78 bits per heavy atom. The van der Waals surface area contributed by atoms with Crippen LogP contribution in [0.15, 0.2) is 29.4 Å². The number of aryl methyl sites for hydroxylation is 3. The highest BCUT2D eigenvalue weighted by Crippen LogP contribution is 2.17. The molecule has 6 nitrogen and oxygen atoms in total. The van der Waals surface area contributed by atoms with Crippen LogP contribution in [-0.4, -0.2) is 32.7 Å². The highest BCUT2D eigenvalue weighted by Gasteiger charge is 2.10. The first-order valence-electron chi connectivity index (χ1n) is 6.94. The largest absolute Gasteiger partial charge is 0.478 e. The van der Waals surface area contributed by atoms with Gasteiger partial charge >= 0.3 is 5.97 Å². The van der Waals surface area contributed by atoms with E-state index in [2.05, 4.69) is 15.3 Å². The zero-order chi connectivity index (χ0) is 17.0. The molecule has 1 amide bonds. The summed E-state index contributed by atoms with van der Waals surface area (Å²) in [5, 5.41) is 12.3. The average Bonchev–Trinajstić information content (AvgIpc) is 2.44. The highest BCUT2D eigenvalue weighted by molar-refractivity contribution is 7.99. The third kappa shape index (κ3) is 4.79. The number of carboxylic acids is 1. The van der Waals surface area contributed by atoms with Crippen LogP contribution in [0, 0.1) is 20.8 Å². The van der Waals surface area contributed by atoms with Gasteiger partial charge in [-0.15, -0.1) is 0 Å². The quantitative estimate of drug-likeness (QED) is 0.646. The van der Waals surface area contributed by atoms with E-state index < -0.39 is 5.97 Å². The minimum absolute atomic E-state index is 0.183. The summed E-state index contributed by atoms with van der Waals surface area (Å²) in [6, 6.07) is 6.57. The molecule has 0 unspecified atom stereocenters. The van der Waals surface area contributed by atoms with Crippen LogP contribution < -0.4 is 5.32 Å². The molecule has 0 aliphatic rings. The predicted octanol–water partition coefficient (Wildman–Crippen LogP) is 2.83. The lowest BCUT2D eigenvalue weighted by Crippen LogP contribution is -2.15. The number of carbonyl (C=O) groups is 2. The predicted molar refractivity (Wildman–Crippen MR) is 89.0 cm³/mol. The number of anilines is 1. The SMILES string of the molecule is Cc1cc(C)nc(SCC(=O)Nc2ccc(C(=O)O)c(C)c2)n1. The molecule has 2 N–H and O–H groups in total. The van der Waals surface area contributed by atoms with Crippen molar-refractivity contribution in [3.05, 3.63) is 46.8 Å². The van der Waals surface area contributed by atoms with E-state index in [4.69, 9.17) is 5.11 Å². The van der Waals surface area contributed by atoms with E-state index in [1.54, 1.807) is 19.1 Å². The van der Waals surface area contributed by atoms with E-state index in [0.717, 1.165) is 11.4 Å². The molecular weight excluding hydrogens is 314 g/mol. The van der Waals surface area contributed by atoms with Gasteiger partial charge in [-0.3, -0.25) is 4.79 Å². The molecule has 0 saturated heterocycles. The molecule has 0 spiro atoms. The molecule has 2 rings (SSSR count). The summed E-state index contributed by atoms with van der Waals surface area (Å²) in [5.41, 5.74) is 3.11. The number of benzene rings is 1. The van der Waals surface area contributed by atoms with Crippen LogP contribution in [0.25, 0.3) is 0 Å². The first-order valence-corrected chi connectivity index (χ1v) is 7.92. The molecule has 1 aromatic carbocycles. The van der Waals surface area contributed by atoms with E-state index in [0.29, 0.717) is 16.4 Å². The van der Waals surface area contributed by atoms with Crippen LogP contribution in [0.5, 0.6) is 0 Å². The Labute approximate surface area is 138 Å². The third-order valence-electron chi connectivity index (χ3n) is 3.03. The number of amides is 1. The fourth-order valence-electron chi connectivity index (χ4n) is 2.07. The Balaban J connectivity index is 1.97. The van der Waals surface area contributed by atoms with Gasteiger partial charge in [-0.2, -0.15) is 0 Å². The molecule has 0 aliphatic carbocycles. The molecule has 120 valence electrons. The Hall–Kier alpha value is -2.41. The molecule has 7 heteroatoms. The molecule has 0 atom stereocenters. The lowest BCUT2D eigenvalue weighted by Gasteiger charge is -2.08. The summed E-state index contributed by atoms with van der Waals surface area (Å²) < 4.78 is 0. The lowest BCUT2D eigenvalue weighted by molar-refractivity contribution is -0.113. The molecule has 23 heavy (non-hydrogen) atoms. The van der Waals surface area contributed by atoms with Gasteiger partial charge in [-0.25, -0.2) is 14.8 Å². The van der Waals surface area contributed by atoms with Gasteiger partial charge in [0.25, 0.3) is 0 Å². The van der Waals surface area contributed by atoms with Crippen molar-refractivity contribution < 1.29 is 14.7 Å². The van der Waals surface area contributed by atoms with Gasteiger partial charge in [0.15, 0.2) is 5.16 Å². The summed E-state index contributed by atoms with van der Waals surface area (Å²) in [4.78, 5) is 31.5. The number of aromatic carboxylic acids is 1. The number of hydrogen-bond acceptors (Lipinski definition) is 5. The second-order valence-electron chi connectivity index (χ2n) is 5.10.